The van der Waals surface area contributed by atoms with Crippen LogP contribution < -0.4 is 4.90 Å². The van der Waals surface area contributed by atoms with E-state index >= 15 is 0 Å². The molecule has 108 valence electrons. The highest BCUT2D eigenvalue weighted by atomic mass is 79.9. The van der Waals surface area contributed by atoms with E-state index in [1.807, 2.05) is 0 Å². The number of carboxylic acids is 1. The Labute approximate surface area is 128 Å². The first-order valence-corrected chi connectivity index (χ1v) is 6.71. The number of carboxylic acid groups (broad SMARTS) is 1. The number of aromatic nitrogens is 1. The molecule has 2 rings (SSSR count). The van der Waals surface area contributed by atoms with Crippen molar-refractivity contribution in [2.45, 2.75) is 0 Å². The summed E-state index contributed by atoms with van der Waals surface area (Å²) in [5, 5.41) is 18.3. The van der Waals surface area contributed by atoms with Crippen molar-refractivity contribution in [3.63, 3.8) is 0 Å². The lowest BCUT2D eigenvalue weighted by Crippen LogP contribution is -2.36. The van der Waals surface area contributed by atoms with E-state index < -0.39 is 18.4 Å². The molecule has 0 fully saturated rings. The molecule has 0 unspecified atom stereocenters. The molecule has 0 aliphatic carbocycles. The average Bonchev–Trinajstić information content (AvgIpc) is 2.45. The van der Waals surface area contributed by atoms with Gasteiger partial charge in [0.25, 0.3) is 5.91 Å². The van der Waals surface area contributed by atoms with Crippen LogP contribution in [0.15, 0.2) is 47.2 Å². The number of hydrogen-bond donors (Lipinski definition) is 2. The van der Waals surface area contributed by atoms with Crippen LogP contribution >= 0.6 is 15.9 Å². The molecular weight excluding hydrogens is 340 g/mol. The van der Waals surface area contributed by atoms with Gasteiger partial charge in [-0.25, -0.2) is 4.98 Å². The fraction of sp³-hybridized carbons (Fsp3) is 0.0714. The zero-order chi connectivity index (χ0) is 15.4. The van der Waals surface area contributed by atoms with Gasteiger partial charge in [0.15, 0.2) is 0 Å². The summed E-state index contributed by atoms with van der Waals surface area (Å²) in [4.78, 5) is 28.6. The topological polar surface area (TPSA) is 90.7 Å². The molecule has 0 aliphatic rings. The summed E-state index contributed by atoms with van der Waals surface area (Å²) in [5.74, 6) is -1.61. The zero-order valence-corrected chi connectivity index (χ0v) is 12.3. The van der Waals surface area contributed by atoms with Crippen LogP contribution in [-0.2, 0) is 4.79 Å². The first-order valence-electron chi connectivity index (χ1n) is 5.92. The maximum Gasteiger partial charge on any atom is 0.323 e. The molecule has 0 aliphatic heterocycles. The highest BCUT2D eigenvalue weighted by Gasteiger charge is 2.22. The van der Waals surface area contributed by atoms with Crippen molar-refractivity contribution in [2.24, 2.45) is 0 Å². The van der Waals surface area contributed by atoms with Crippen molar-refractivity contribution >= 4 is 33.5 Å². The highest BCUT2D eigenvalue weighted by molar-refractivity contribution is 9.10. The van der Waals surface area contributed by atoms with Gasteiger partial charge in [-0.15, -0.1) is 0 Å². The summed E-state index contributed by atoms with van der Waals surface area (Å²) in [6.07, 6.45) is 1.52. The van der Waals surface area contributed by atoms with Crippen LogP contribution in [0.2, 0.25) is 0 Å². The number of carbonyl (C=O) groups is 2. The zero-order valence-electron chi connectivity index (χ0n) is 10.7. The van der Waals surface area contributed by atoms with Gasteiger partial charge in [-0.1, -0.05) is 0 Å². The summed E-state index contributed by atoms with van der Waals surface area (Å²) < 4.78 is 0.337. The molecular formula is C14H11BrN2O4. The summed E-state index contributed by atoms with van der Waals surface area (Å²) in [5.41, 5.74) is 0.628. The van der Waals surface area contributed by atoms with Crippen LogP contribution in [0.1, 0.15) is 10.4 Å². The Kier molecular flexibility index (Phi) is 4.54. The molecule has 1 aromatic heterocycles. The Morgan fingerprint density at radius 1 is 1.19 bits per heavy atom. The van der Waals surface area contributed by atoms with Crippen molar-refractivity contribution < 1.29 is 19.8 Å². The lowest BCUT2D eigenvalue weighted by atomic mass is 10.2. The van der Waals surface area contributed by atoms with E-state index in [9.17, 15) is 14.7 Å². The number of benzene rings is 1. The number of rotatable bonds is 4. The molecule has 0 atom stereocenters. The Bertz CT molecular complexity index is 673. The minimum absolute atomic E-state index is 0.0315. The van der Waals surface area contributed by atoms with Crippen molar-refractivity contribution in [1.82, 2.24) is 4.98 Å². The quantitative estimate of drug-likeness (QED) is 0.825. The SMILES string of the molecule is O=C(O)CN(C(=O)c1cccnc1Br)c1ccc(O)cc1. The number of amides is 1. The van der Waals surface area contributed by atoms with Crippen LogP contribution in [0.3, 0.4) is 0 Å². The highest BCUT2D eigenvalue weighted by Crippen LogP contribution is 2.22. The molecule has 0 spiro atoms. The Balaban J connectivity index is 2.40. The smallest absolute Gasteiger partial charge is 0.323 e. The molecule has 1 amide bonds. The first-order chi connectivity index (χ1) is 9.99. The molecule has 2 aromatic rings. The van der Waals surface area contributed by atoms with Gasteiger partial charge in [0.1, 0.15) is 16.9 Å². The molecule has 7 heteroatoms. The van der Waals surface area contributed by atoms with Crippen LogP contribution in [-0.4, -0.2) is 33.6 Å². The normalized spacial score (nSPS) is 10.1. The molecule has 21 heavy (non-hydrogen) atoms. The third kappa shape index (κ3) is 3.57. The van der Waals surface area contributed by atoms with E-state index in [-0.39, 0.29) is 11.3 Å². The molecule has 2 N–H and O–H groups in total. The molecule has 0 bridgehead atoms. The van der Waals surface area contributed by atoms with E-state index in [0.717, 1.165) is 4.90 Å². The molecule has 0 saturated carbocycles. The molecule has 0 saturated heterocycles. The number of aromatic hydroxyl groups is 1. The Hall–Kier alpha value is -2.41. The van der Waals surface area contributed by atoms with E-state index in [0.29, 0.717) is 10.3 Å². The van der Waals surface area contributed by atoms with Gasteiger partial charge in [-0.05, 0) is 52.3 Å². The predicted octanol–water partition coefficient (Wildman–Crippen LogP) is 2.28. The number of carbonyl (C=O) groups excluding carboxylic acids is 1. The minimum Gasteiger partial charge on any atom is -0.508 e. The first kappa shape index (κ1) is 15.0. The van der Waals surface area contributed by atoms with Gasteiger partial charge in [0, 0.05) is 11.9 Å². The largest absolute Gasteiger partial charge is 0.508 e. The minimum atomic E-state index is -1.14. The van der Waals surface area contributed by atoms with Crippen LogP contribution in [0.5, 0.6) is 5.75 Å². The second-order valence-corrected chi connectivity index (χ2v) is 4.89. The summed E-state index contributed by atoms with van der Waals surface area (Å²) in [6.45, 7) is -0.495. The number of anilines is 1. The fourth-order valence-electron chi connectivity index (χ4n) is 1.74. The van der Waals surface area contributed by atoms with Crippen molar-refractivity contribution in [3.05, 3.63) is 52.8 Å². The molecule has 0 radical (unpaired) electrons. The predicted molar refractivity (Wildman–Crippen MR) is 79.4 cm³/mol. The van der Waals surface area contributed by atoms with Gasteiger partial charge in [-0.3, -0.25) is 14.5 Å². The summed E-state index contributed by atoms with van der Waals surface area (Å²) in [6, 6.07) is 8.86. The maximum atomic E-state index is 12.5. The molecule has 1 heterocycles. The van der Waals surface area contributed by atoms with Gasteiger partial charge in [-0.2, -0.15) is 0 Å². The van der Waals surface area contributed by atoms with Crippen molar-refractivity contribution in [3.8, 4) is 5.75 Å². The number of aliphatic carboxylic acids is 1. The average molecular weight is 351 g/mol. The van der Waals surface area contributed by atoms with Gasteiger partial charge in [0.05, 0.1) is 5.56 Å². The third-order valence-electron chi connectivity index (χ3n) is 2.69. The summed E-state index contributed by atoms with van der Waals surface area (Å²) in [7, 11) is 0. The second-order valence-electron chi connectivity index (χ2n) is 4.14. The lowest BCUT2D eigenvalue weighted by molar-refractivity contribution is -0.135. The number of phenols is 1. The van der Waals surface area contributed by atoms with Crippen LogP contribution in [0.4, 0.5) is 5.69 Å². The lowest BCUT2D eigenvalue weighted by Gasteiger charge is -2.21. The monoisotopic (exact) mass is 350 g/mol. The van der Waals surface area contributed by atoms with Crippen molar-refractivity contribution in [1.29, 1.82) is 0 Å². The number of pyridine rings is 1. The molecule has 6 nitrogen and oxygen atoms in total. The van der Waals surface area contributed by atoms with E-state index in [2.05, 4.69) is 20.9 Å². The van der Waals surface area contributed by atoms with Gasteiger partial charge >= 0.3 is 5.97 Å². The van der Waals surface area contributed by atoms with Gasteiger partial charge in [0.2, 0.25) is 0 Å². The maximum absolute atomic E-state index is 12.5. The number of nitrogens with zero attached hydrogens (tertiary/aromatic N) is 2. The number of hydrogen-bond acceptors (Lipinski definition) is 4. The standard InChI is InChI=1S/C14H11BrN2O4/c15-13-11(2-1-7-16-13)14(21)17(8-12(19)20)9-3-5-10(18)6-4-9/h1-7,18H,8H2,(H,19,20). The Morgan fingerprint density at radius 3 is 2.43 bits per heavy atom. The van der Waals surface area contributed by atoms with E-state index in [1.54, 1.807) is 12.1 Å². The number of phenolic OH excluding ortho intramolecular Hbond substituents is 1. The van der Waals surface area contributed by atoms with Crippen LogP contribution in [0.25, 0.3) is 0 Å². The molecule has 1 aromatic carbocycles. The number of halogens is 1. The van der Waals surface area contributed by atoms with E-state index in [1.165, 1.54) is 30.5 Å². The third-order valence-corrected chi connectivity index (χ3v) is 3.32. The van der Waals surface area contributed by atoms with Crippen LogP contribution in [0, 0.1) is 0 Å². The van der Waals surface area contributed by atoms with Gasteiger partial charge < -0.3 is 10.2 Å². The van der Waals surface area contributed by atoms with Crippen molar-refractivity contribution in [2.75, 3.05) is 11.4 Å². The Morgan fingerprint density at radius 2 is 1.86 bits per heavy atom. The van der Waals surface area contributed by atoms with E-state index in [4.69, 9.17) is 5.11 Å². The second kappa shape index (κ2) is 6.36. The fourth-order valence-corrected chi connectivity index (χ4v) is 2.16. The summed E-state index contributed by atoms with van der Waals surface area (Å²) >= 11 is 3.17.